The Kier molecular flexibility index (Phi) is 17.3. The van der Waals surface area contributed by atoms with Crippen LogP contribution >= 0.6 is 0 Å². The normalized spacial score (nSPS) is 13.9. The summed E-state index contributed by atoms with van der Waals surface area (Å²) in [6.45, 7) is 36.9. The van der Waals surface area contributed by atoms with Crippen LogP contribution in [0.2, 0.25) is 0 Å². The summed E-state index contributed by atoms with van der Waals surface area (Å²) in [4.78, 5) is 39.2. The molecule has 0 unspecified atom stereocenters. The highest BCUT2D eigenvalue weighted by molar-refractivity contribution is 6.03. The van der Waals surface area contributed by atoms with Gasteiger partial charge in [0.15, 0.2) is 0 Å². The Bertz CT molecular complexity index is 3790. The molecule has 0 saturated carbocycles. The van der Waals surface area contributed by atoms with Crippen molar-refractivity contribution in [3.05, 3.63) is 138 Å². The minimum Gasteiger partial charge on any atom is -0.355 e. The van der Waals surface area contributed by atoms with Crippen molar-refractivity contribution in [1.29, 1.82) is 0 Å². The molecule has 6 aromatic rings. The van der Waals surface area contributed by atoms with E-state index in [2.05, 4.69) is 179 Å². The predicted octanol–water partition coefficient (Wildman–Crippen LogP) is 20.5. The first-order chi connectivity index (χ1) is 39.9. The maximum absolute atomic E-state index is 5.90. The van der Waals surface area contributed by atoms with Gasteiger partial charge in [0.2, 0.25) is 0 Å². The second-order valence-corrected chi connectivity index (χ2v) is 22.5. The molecule has 0 saturated heterocycles. The molecule has 16 bridgehead atoms. The largest absolute Gasteiger partial charge is 0.355 e. The van der Waals surface area contributed by atoms with Gasteiger partial charge >= 0.3 is 0 Å². The van der Waals surface area contributed by atoms with E-state index in [1.165, 1.54) is 89.1 Å². The number of fused-ring (bicyclic) bond motifs is 16. The Morgan fingerprint density at radius 3 is 0.683 bits per heavy atom. The molecule has 8 nitrogen and oxygen atoms in total. The third kappa shape index (κ3) is 9.63. The summed E-state index contributed by atoms with van der Waals surface area (Å²) >= 11 is 0. The summed E-state index contributed by atoms with van der Waals surface area (Å²) in [5, 5.41) is 0. The topological polar surface area (TPSA) is 115 Å². The van der Waals surface area contributed by atoms with Gasteiger partial charge in [-0.1, -0.05) is 111 Å². The minimum absolute atomic E-state index is 0.854. The number of rotatable bonds is 18. The number of aromatic amines is 4. The van der Waals surface area contributed by atoms with Crippen molar-refractivity contribution in [2.24, 2.45) is 0 Å². The molecule has 0 radical (unpaired) electrons. The monoisotopic (exact) mass is 1090 g/mol. The molecule has 4 aliphatic heterocycles. The predicted molar refractivity (Wildman–Crippen MR) is 356 cm³/mol. The fraction of sp³-hybridized carbons (Fsp3) is 0.432. The fourth-order valence-electron chi connectivity index (χ4n) is 14.9. The molecule has 428 valence electrons. The summed E-state index contributed by atoms with van der Waals surface area (Å²) < 4.78 is 0. The maximum atomic E-state index is 5.90. The van der Waals surface area contributed by atoms with Crippen LogP contribution in [-0.4, -0.2) is 39.9 Å². The van der Waals surface area contributed by atoms with Gasteiger partial charge in [-0.05, 0) is 240 Å². The molecule has 0 atom stereocenters. The van der Waals surface area contributed by atoms with Crippen molar-refractivity contribution in [1.82, 2.24) is 39.9 Å². The van der Waals surface area contributed by atoms with Crippen LogP contribution in [-0.2, 0) is 51.4 Å². The number of nitrogens with zero attached hydrogens (tertiary/aromatic N) is 4. The van der Waals surface area contributed by atoms with Gasteiger partial charge in [0, 0.05) is 44.2 Å². The standard InChI is InChI=1S/C74H92N8/c1-17-41-45(21-5)63-37-67-49(25-9)53(29-13)71(79-67)57(72-54(30-14)50(26-10)68(80-72)38-64-46(22-6)42(18-2)60(76-64)35-59(41)75-63)33-34-58-73-55(31-15)51(27-11)69(81-73)39-65-47(23-7)43(19-3)61(77-65)36-62-44(20-4)48(24-8)66(78-62)40-70-52(28-12)56(32-16)74(58)82-70/h33-40,75,77,80,82H,17-32H2,1-16H3/b34-33-,59-35?,60-35?,61-36?,62-36?,63-37?,64-38?,65-39?,66-40?,67-37?,68-38?,69-39?,70-40?,71-57?,72-57?,73-58?,74-58?. The van der Waals surface area contributed by atoms with Gasteiger partial charge in [0.05, 0.1) is 56.6 Å². The Morgan fingerprint density at radius 1 is 0.244 bits per heavy atom. The summed E-state index contributed by atoms with van der Waals surface area (Å²) in [5.41, 5.74) is 41.2. The molecule has 82 heavy (non-hydrogen) atoms. The lowest BCUT2D eigenvalue weighted by atomic mass is 9.94. The molecular weight excluding hydrogens is 1000 g/mol. The zero-order chi connectivity index (χ0) is 58.3. The van der Waals surface area contributed by atoms with E-state index >= 15 is 0 Å². The molecule has 6 aromatic heterocycles. The van der Waals surface area contributed by atoms with Gasteiger partial charge in [0.25, 0.3) is 0 Å². The number of aromatic nitrogens is 8. The second kappa shape index (κ2) is 24.4. The van der Waals surface area contributed by atoms with Gasteiger partial charge in [0.1, 0.15) is 0 Å². The number of hydrogen-bond donors (Lipinski definition) is 4. The molecule has 0 aromatic carbocycles. The van der Waals surface area contributed by atoms with Crippen LogP contribution in [0, 0.1) is 0 Å². The molecule has 0 spiro atoms. The van der Waals surface area contributed by atoms with Crippen molar-refractivity contribution in [3.8, 4) is 0 Å². The first kappa shape index (κ1) is 58.1. The third-order valence-electron chi connectivity index (χ3n) is 18.7. The summed E-state index contributed by atoms with van der Waals surface area (Å²) in [6.07, 6.45) is 19.2. The summed E-state index contributed by atoms with van der Waals surface area (Å²) in [5.74, 6) is 0. The molecule has 10 heterocycles. The highest BCUT2D eigenvalue weighted by atomic mass is 14.8. The lowest BCUT2D eigenvalue weighted by Crippen LogP contribution is -1.94. The van der Waals surface area contributed by atoms with Crippen LogP contribution in [0.4, 0.5) is 0 Å². The van der Waals surface area contributed by atoms with Gasteiger partial charge in [-0.3, -0.25) is 0 Å². The van der Waals surface area contributed by atoms with Crippen molar-refractivity contribution >= 4 is 101 Å². The Morgan fingerprint density at radius 2 is 0.451 bits per heavy atom. The zero-order valence-electron chi connectivity index (χ0n) is 52.7. The number of allylic oxidation sites excluding steroid dienone is 8. The van der Waals surface area contributed by atoms with Gasteiger partial charge in [-0.2, -0.15) is 0 Å². The molecule has 0 fully saturated rings. The number of aryl methyl sites for hydroxylation is 8. The van der Waals surface area contributed by atoms with Gasteiger partial charge in [-0.15, -0.1) is 0 Å². The van der Waals surface area contributed by atoms with E-state index in [1.54, 1.807) is 0 Å². The number of hydrogen-bond acceptors (Lipinski definition) is 4. The second-order valence-electron chi connectivity index (χ2n) is 22.5. The summed E-state index contributed by atoms with van der Waals surface area (Å²) in [6, 6.07) is 14.2. The van der Waals surface area contributed by atoms with Crippen molar-refractivity contribution in [2.75, 3.05) is 0 Å². The van der Waals surface area contributed by atoms with Crippen molar-refractivity contribution < 1.29 is 0 Å². The van der Waals surface area contributed by atoms with Crippen LogP contribution in [0.15, 0.2) is 36.4 Å². The lowest BCUT2D eigenvalue weighted by molar-refractivity contribution is 1.07. The molecule has 8 heteroatoms. The molecule has 0 aliphatic carbocycles. The minimum atomic E-state index is 0.854. The summed E-state index contributed by atoms with van der Waals surface area (Å²) in [7, 11) is 0. The van der Waals surface area contributed by atoms with E-state index in [9.17, 15) is 0 Å². The van der Waals surface area contributed by atoms with Crippen LogP contribution < -0.4 is 0 Å². The molecule has 10 rings (SSSR count). The van der Waals surface area contributed by atoms with Crippen molar-refractivity contribution in [3.63, 3.8) is 0 Å². The van der Waals surface area contributed by atoms with E-state index in [-0.39, 0.29) is 0 Å². The smallest absolute Gasteiger partial charge is 0.0765 e. The third-order valence-corrected chi connectivity index (χ3v) is 18.7. The Balaban J connectivity index is 1.43. The Labute approximate surface area is 489 Å². The molecular formula is C74H92N8. The highest BCUT2D eigenvalue weighted by Crippen LogP contribution is 2.44. The lowest BCUT2D eigenvalue weighted by Gasteiger charge is -2.09. The van der Waals surface area contributed by atoms with Gasteiger partial charge in [-0.25, -0.2) is 19.9 Å². The van der Waals surface area contributed by atoms with Gasteiger partial charge < -0.3 is 19.9 Å². The first-order valence-electron chi connectivity index (χ1n) is 32.1. The maximum Gasteiger partial charge on any atom is 0.0765 e. The zero-order valence-corrected chi connectivity index (χ0v) is 52.7. The average molecular weight is 1090 g/mol. The van der Waals surface area contributed by atoms with Crippen LogP contribution in [0.5, 0.6) is 0 Å². The average Bonchev–Trinajstić information content (AvgIpc) is 4.55. The molecule has 4 aliphatic rings. The highest BCUT2D eigenvalue weighted by Gasteiger charge is 2.28. The first-order valence-corrected chi connectivity index (χ1v) is 32.1. The van der Waals surface area contributed by atoms with E-state index in [0.717, 1.165) is 204 Å². The van der Waals surface area contributed by atoms with Crippen molar-refractivity contribution in [2.45, 2.75) is 214 Å². The van der Waals surface area contributed by atoms with E-state index in [1.807, 2.05) is 0 Å². The number of H-pyrrole nitrogens is 4. The fourth-order valence-corrected chi connectivity index (χ4v) is 14.9. The SMILES string of the molecule is CCC1=C(CC)c2cc3[nH]c(c(/C=C\c4c5nc(cc6[nH]c(cc7nc(cc8[nH]c4c(CC)c8CC)C(CC)=C7CC)c(CC)c6CC)C(CC)=C5CC)c4nc(cc5[nH]c(cc1n2)c(CC)c5CC)C(CC)=C4CC)c(CC)c3CC. The van der Waals surface area contributed by atoms with E-state index in [4.69, 9.17) is 19.9 Å². The Hall–Kier alpha value is -7.06. The molecule has 0 amide bonds. The quantitative estimate of drug-likeness (QED) is 0.0686. The van der Waals surface area contributed by atoms with Crippen LogP contribution in [0.3, 0.4) is 0 Å². The van der Waals surface area contributed by atoms with Crippen LogP contribution in [0.1, 0.15) is 263 Å². The molecule has 4 N–H and O–H groups in total. The van der Waals surface area contributed by atoms with E-state index < -0.39 is 0 Å². The number of nitrogens with one attached hydrogen (secondary N) is 4. The van der Waals surface area contributed by atoms with E-state index in [0.29, 0.717) is 0 Å². The van der Waals surface area contributed by atoms with Crippen LogP contribution in [0.25, 0.3) is 101 Å².